The summed E-state index contributed by atoms with van der Waals surface area (Å²) < 4.78 is 0. The van der Waals surface area contributed by atoms with E-state index in [1.54, 1.807) is 11.3 Å². The Morgan fingerprint density at radius 1 is 1.54 bits per heavy atom. The molecule has 0 aromatic carbocycles. The first-order valence-corrected chi connectivity index (χ1v) is 9.75. The number of hydrogen-bond acceptors (Lipinski definition) is 5. The largest absolute Gasteiger partial charge is 0.350 e. The topological polar surface area (TPSA) is 65.8 Å². The van der Waals surface area contributed by atoms with Crippen molar-refractivity contribution in [3.63, 3.8) is 0 Å². The summed E-state index contributed by atoms with van der Waals surface area (Å²) in [6.45, 7) is 4.40. The molecule has 1 N–H and O–H groups in total. The van der Waals surface area contributed by atoms with Gasteiger partial charge in [0.25, 0.3) is 0 Å². The molecule has 3 rings (SSSR count). The Hall–Kier alpha value is -1.84. The van der Waals surface area contributed by atoms with Crippen LogP contribution in [0.3, 0.4) is 0 Å². The Kier molecular flexibility index (Phi) is 5.22. The lowest BCUT2D eigenvalue weighted by Crippen LogP contribution is -2.30. The first kappa shape index (κ1) is 17.0. The van der Waals surface area contributed by atoms with E-state index in [1.807, 2.05) is 31.4 Å². The van der Waals surface area contributed by atoms with Crippen molar-refractivity contribution in [3.05, 3.63) is 44.8 Å². The summed E-state index contributed by atoms with van der Waals surface area (Å²) in [4.78, 5) is 18.1. The van der Waals surface area contributed by atoms with Crippen molar-refractivity contribution >= 4 is 29.0 Å². The van der Waals surface area contributed by atoms with Gasteiger partial charge >= 0.3 is 0 Å². The normalized spacial score (nSPS) is 14.0. The molecule has 1 aliphatic rings. The highest BCUT2D eigenvalue weighted by Gasteiger charge is 2.23. The molecule has 2 aromatic heterocycles. The number of nitrogens with zero attached hydrogens (tertiary/aromatic N) is 2. The van der Waals surface area contributed by atoms with Crippen LogP contribution in [0.4, 0.5) is 0 Å². The molecule has 0 radical (unpaired) electrons. The number of hydrogen-bond donors (Lipinski definition) is 1. The van der Waals surface area contributed by atoms with Crippen molar-refractivity contribution in [2.24, 2.45) is 0 Å². The molecule has 0 saturated heterocycles. The number of amides is 1. The third-order valence-corrected chi connectivity index (χ3v) is 6.22. The summed E-state index contributed by atoms with van der Waals surface area (Å²) in [5.41, 5.74) is 3.98. The van der Waals surface area contributed by atoms with Gasteiger partial charge in [-0.25, -0.2) is 4.98 Å². The number of rotatable bonds is 5. The maximum atomic E-state index is 12.3. The zero-order valence-corrected chi connectivity index (χ0v) is 15.4. The Bertz CT molecular complexity index is 794. The molecule has 0 unspecified atom stereocenters. The predicted octanol–water partition coefficient (Wildman–Crippen LogP) is 3.61. The smallest absolute Gasteiger partial charge is 0.233 e. The first-order chi connectivity index (χ1) is 11.6. The van der Waals surface area contributed by atoms with Crippen LogP contribution in [0.1, 0.15) is 40.6 Å². The van der Waals surface area contributed by atoms with Gasteiger partial charge < -0.3 is 5.32 Å². The Morgan fingerprint density at radius 2 is 2.38 bits per heavy atom. The molecule has 0 spiro atoms. The second-order valence-corrected chi connectivity index (χ2v) is 8.23. The van der Waals surface area contributed by atoms with Crippen LogP contribution in [-0.2, 0) is 24.2 Å². The van der Waals surface area contributed by atoms with E-state index in [9.17, 15) is 10.1 Å². The maximum Gasteiger partial charge on any atom is 0.233 e. The van der Waals surface area contributed by atoms with E-state index < -0.39 is 0 Å². The highest BCUT2D eigenvalue weighted by Crippen LogP contribution is 2.33. The predicted molar refractivity (Wildman–Crippen MR) is 97.2 cm³/mol. The highest BCUT2D eigenvalue weighted by molar-refractivity contribution is 8.00. The van der Waals surface area contributed by atoms with E-state index in [2.05, 4.69) is 16.4 Å². The molecule has 0 bridgehead atoms. The minimum atomic E-state index is -0.289. The van der Waals surface area contributed by atoms with Gasteiger partial charge in [0.2, 0.25) is 5.91 Å². The van der Waals surface area contributed by atoms with Crippen LogP contribution in [0.5, 0.6) is 0 Å². The lowest BCUT2D eigenvalue weighted by atomic mass is 10.0. The van der Waals surface area contributed by atoms with Crippen LogP contribution in [0.2, 0.25) is 0 Å². The zero-order chi connectivity index (χ0) is 17.1. The van der Waals surface area contributed by atoms with E-state index in [1.165, 1.54) is 17.3 Å². The number of carbonyl (C=O) groups excluding carboxylic acids is 1. The van der Waals surface area contributed by atoms with Gasteiger partial charge in [0, 0.05) is 10.6 Å². The number of thioether (sulfide) groups is 1. The Morgan fingerprint density at radius 3 is 3.08 bits per heavy atom. The molecule has 24 heavy (non-hydrogen) atoms. The molecular formula is C18H19N3OS2. The second-order valence-electron chi connectivity index (χ2n) is 5.86. The number of nitrogens with one attached hydrogen (secondary N) is 1. The molecule has 1 amide bonds. The second kappa shape index (κ2) is 7.37. The Balaban J connectivity index is 1.72. The summed E-state index contributed by atoms with van der Waals surface area (Å²) in [6, 6.07) is 6.25. The number of aromatic nitrogens is 1. The molecule has 0 fully saturated rings. The van der Waals surface area contributed by atoms with Crippen molar-refractivity contribution in [2.45, 2.75) is 49.9 Å². The van der Waals surface area contributed by atoms with Crippen molar-refractivity contribution in [3.8, 4) is 6.07 Å². The molecule has 4 nitrogen and oxygen atoms in total. The quantitative estimate of drug-likeness (QED) is 0.830. The summed E-state index contributed by atoms with van der Waals surface area (Å²) in [5.74, 6) is -0.0303. The fraction of sp³-hybridized carbons (Fsp3) is 0.389. The minimum Gasteiger partial charge on any atom is -0.350 e. The van der Waals surface area contributed by atoms with Gasteiger partial charge in [-0.3, -0.25) is 4.79 Å². The lowest BCUT2D eigenvalue weighted by molar-refractivity contribution is -0.120. The van der Waals surface area contributed by atoms with Gasteiger partial charge in [-0.1, -0.05) is 17.8 Å². The van der Waals surface area contributed by atoms with Gasteiger partial charge in [0.1, 0.15) is 11.1 Å². The van der Waals surface area contributed by atoms with Crippen LogP contribution in [0, 0.1) is 18.3 Å². The third-order valence-electron chi connectivity index (χ3n) is 4.25. The monoisotopic (exact) mass is 357 g/mol. The van der Waals surface area contributed by atoms with Crippen molar-refractivity contribution in [1.82, 2.24) is 10.3 Å². The average molecular weight is 358 g/mol. The van der Waals surface area contributed by atoms with E-state index in [-0.39, 0.29) is 11.2 Å². The summed E-state index contributed by atoms with van der Waals surface area (Å²) in [5, 5.41) is 14.9. The molecule has 0 saturated carbocycles. The lowest BCUT2D eigenvalue weighted by Gasteiger charge is -2.15. The molecule has 124 valence electrons. The number of aryl methyl sites for hydroxylation is 1. The van der Waals surface area contributed by atoms with Gasteiger partial charge in [-0.15, -0.1) is 11.3 Å². The van der Waals surface area contributed by atoms with Crippen LogP contribution in [0.15, 0.2) is 22.5 Å². The Labute approximate surface area is 150 Å². The van der Waals surface area contributed by atoms with Crippen LogP contribution in [-0.4, -0.2) is 16.1 Å². The fourth-order valence-corrected chi connectivity index (χ4v) is 4.56. The molecule has 6 heteroatoms. The molecule has 2 heterocycles. The summed E-state index contributed by atoms with van der Waals surface area (Å²) >= 11 is 3.00. The highest BCUT2D eigenvalue weighted by atomic mass is 32.2. The first-order valence-electron chi connectivity index (χ1n) is 7.99. The molecule has 1 aliphatic carbocycles. The number of carbonyl (C=O) groups is 1. The van der Waals surface area contributed by atoms with E-state index in [0.717, 1.165) is 35.4 Å². The van der Waals surface area contributed by atoms with Gasteiger partial charge in [0.05, 0.1) is 17.4 Å². The van der Waals surface area contributed by atoms with E-state index in [0.29, 0.717) is 17.1 Å². The molecule has 0 aliphatic heterocycles. The van der Waals surface area contributed by atoms with Crippen molar-refractivity contribution < 1.29 is 4.79 Å². The van der Waals surface area contributed by atoms with Crippen LogP contribution < -0.4 is 5.32 Å². The van der Waals surface area contributed by atoms with Crippen LogP contribution >= 0.6 is 23.1 Å². The fourth-order valence-electron chi connectivity index (χ4n) is 2.91. The average Bonchev–Trinajstić information content (AvgIpc) is 3.24. The standard InChI is InChI=1S/C18H19N3OS2/c1-11-14-6-3-7-16(14)21-18(15(11)9-19)24-12(2)17(22)20-10-13-5-4-8-23-13/h4-5,8,12H,3,6-7,10H2,1-2H3,(H,20,22)/t12-/m1/s1. The third kappa shape index (κ3) is 3.47. The molecular weight excluding hydrogens is 338 g/mol. The number of fused-ring (bicyclic) bond motifs is 1. The van der Waals surface area contributed by atoms with Gasteiger partial charge in [0.15, 0.2) is 0 Å². The van der Waals surface area contributed by atoms with E-state index >= 15 is 0 Å². The number of nitriles is 1. The van der Waals surface area contributed by atoms with Gasteiger partial charge in [-0.05, 0) is 55.7 Å². The SMILES string of the molecule is Cc1c(C#N)c(S[C@H](C)C(=O)NCc2cccs2)nc2c1CCC2. The zero-order valence-electron chi connectivity index (χ0n) is 13.8. The molecule has 2 aromatic rings. The van der Waals surface area contributed by atoms with E-state index in [4.69, 9.17) is 0 Å². The summed E-state index contributed by atoms with van der Waals surface area (Å²) in [7, 11) is 0. The van der Waals surface area contributed by atoms with Gasteiger partial charge in [-0.2, -0.15) is 5.26 Å². The van der Waals surface area contributed by atoms with Crippen molar-refractivity contribution in [2.75, 3.05) is 0 Å². The van der Waals surface area contributed by atoms with Crippen molar-refractivity contribution in [1.29, 1.82) is 5.26 Å². The minimum absolute atomic E-state index is 0.0303. The maximum absolute atomic E-state index is 12.3. The summed E-state index contributed by atoms with van der Waals surface area (Å²) in [6.07, 6.45) is 3.07. The van der Waals surface area contributed by atoms with Crippen LogP contribution in [0.25, 0.3) is 0 Å². The number of pyridine rings is 1. The number of thiophene rings is 1. The molecule has 1 atom stereocenters.